The Hall–Kier alpha value is -1.21. The monoisotopic (exact) mass is 273 g/mol. The maximum Gasteiger partial charge on any atom is 0.0994 e. The second-order valence-electron chi connectivity index (χ2n) is 4.00. The molecule has 0 amide bonds. The molecule has 0 radical (unpaired) electrons. The summed E-state index contributed by atoms with van der Waals surface area (Å²) in [7, 11) is 0. The van der Waals surface area contributed by atoms with Gasteiger partial charge in [0, 0.05) is 45.8 Å². The number of hydrogen-bond acceptors (Lipinski definition) is 0. The first-order valence-electron chi connectivity index (χ1n) is 5.33. The summed E-state index contributed by atoms with van der Waals surface area (Å²) in [6.45, 7) is 4.27. The van der Waals surface area contributed by atoms with Crippen LogP contribution in [-0.2, 0) is 0 Å². The molecule has 0 atom stereocenters. The highest BCUT2D eigenvalue weighted by Crippen LogP contribution is 2.25. The predicted octanol–water partition coefficient (Wildman–Crippen LogP) is 4.94. The maximum absolute atomic E-state index is 3.45. The van der Waals surface area contributed by atoms with E-state index in [1.165, 1.54) is 22.3 Å². The molecule has 1 aliphatic rings. The fourth-order valence-corrected chi connectivity index (χ4v) is 1.93. The van der Waals surface area contributed by atoms with Crippen molar-refractivity contribution in [2.45, 2.75) is 13.8 Å². The summed E-state index contributed by atoms with van der Waals surface area (Å²) in [6.07, 6.45) is 8.65. The molecule has 0 unspecified atom stereocenters. The van der Waals surface area contributed by atoms with Crippen LogP contribution < -0.4 is 0 Å². The Kier molecular flexibility index (Phi) is 3.35. The molecule has 0 heterocycles. The first-order valence-corrected chi connectivity index (χ1v) is 6.12. The lowest BCUT2D eigenvalue weighted by Gasteiger charge is -2.04. The summed E-state index contributed by atoms with van der Waals surface area (Å²) in [5, 5.41) is 0. The molecule has 80 valence electrons. The van der Waals surface area contributed by atoms with Gasteiger partial charge < -0.3 is 0 Å². The van der Waals surface area contributed by atoms with Gasteiger partial charge in [-0.15, -0.1) is 0 Å². The number of benzene rings is 1. The fraction of sp³-hybridized carbons (Fsp3) is 0.133. The Labute approximate surface area is 106 Å². The molecule has 1 aromatic rings. The standard InChI is InChI=1S/C15H14Br/c1-11-3-5-13(6-4-11)12(2)14-7-9-15(16)10-8-14/h3-10H,1-2H3/q+1. The van der Waals surface area contributed by atoms with Crippen molar-refractivity contribution in [2.24, 2.45) is 0 Å². The molecule has 0 N–H and O–H groups in total. The Morgan fingerprint density at radius 2 is 1.81 bits per heavy atom. The van der Waals surface area contributed by atoms with E-state index in [-0.39, 0.29) is 0 Å². The summed E-state index contributed by atoms with van der Waals surface area (Å²) < 4.78 is 1.12. The van der Waals surface area contributed by atoms with Gasteiger partial charge in [0.2, 0.25) is 0 Å². The summed E-state index contributed by atoms with van der Waals surface area (Å²) >= 11 is 3.45. The minimum absolute atomic E-state index is 1.12. The SMILES string of the molecule is CC1=C[CH+]C(=C(C)c2ccc(Br)cc2)C=C1. The third kappa shape index (κ3) is 2.48. The van der Waals surface area contributed by atoms with E-state index in [9.17, 15) is 0 Å². The van der Waals surface area contributed by atoms with Crippen molar-refractivity contribution in [1.82, 2.24) is 0 Å². The van der Waals surface area contributed by atoms with Gasteiger partial charge in [0.05, 0.1) is 5.57 Å². The molecule has 1 aliphatic carbocycles. The molecule has 0 saturated carbocycles. The number of allylic oxidation sites excluding steroid dienone is 6. The lowest BCUT2D eigenvalue weighted by Crippen LogP contribution is -1.90. The van der Waals surface area contributed by atoms with Crippen LogP contribution in [0.1, 0.15) is 19.4 Å². The van der Waals surface area contributed by atoms with E-state index in [1.54, 1.807) is 0 Å². The van der Waals surface area contributed by atoms with Crippen LogP contribution in [0.3, 0.4) is 0 Å². The van der Waals surface area contributed by atoms with Crippen LogP contribution in [0.4, 0.5) is 0 Å². The van der Waals surface area contributed by atoms with Crippen molar-refractivity contribution in [3.05, 3.63) is 70.1 Å². The van der Waals surface area contributed by atoms with Gasteiger partial charge in [0.1, 0.15) is 0 Å². The first kappa shape index (κ1) is 11.3. The quantitative estimate of drug-likeness (QED) is 0.636. The first-order chi connectivity index (χ1) is 7.66. The van der Waals surface area contributed by atoms with E-state index in [0.717, 1.165) is 4.47 Å². The highest BCUT2D eigenvalue weighted by molar-refractivity contribution is 9.10. The molecule has 0 saturated heterocycles. The molecule has 2 rings (SSSR count). The number of rotatable bonds is 1. The van der Waals surface area contributed by atoms with Crippen molar-refractivity contribution in [2.75, 3.05) is 0 Å². The Morgan fingerprint density at radius 1 is 1.12 bits per heavy atom. The Bertz CT molecular complexity index is 473. The van der Waals surface area contributed by atoms with Crippen LogP contribution in [-0.4, -0.2) is 0 Å². The molecule has 0 spiro atoms. The van der Waals surface area contributed by atoms with Crippen LogP contribution in [0, 0.1) is 6.42 Å². The van der Waals surface area contributed by atoms with Crippen LogP contribution in [0.2, 0.25) is 0 Å². The van der Waals surface area contributed by atoms with Crippen molar-refractivity contribution in [1.29, 1.82) is 0 Å². The molecule has 16 heavy (non-hydrogen) atoms. The minimum atomic E-state index is 1.12. The van der Waals surface area contributed by atoms with Gasteiger partial charge in [-0.25, -0.2) is 0 Å². The molecule has 1 aromatic carbocycles. The van der Waals surface area contributed by atoms with Crippen LogP contribution in [0.5, 0.6) is 0 Å². The van der Waals surface area contributed by atoms with Gasteiger partial charge >= 0.3 is 0 Å². The Morgan fingerprint density at radius 3 is 2.38 bits per heavy atom. The average Bonchev–Trinajstić information content (AvgIpc) is 2.30. The zero-order valence-electron chi connectivity index (χ0n) is 9.50. The van der Waals surface area contributed by atoms with Crippen LogP contribution >= 0.6 is 15.9 Å². The van der Waals surface area contributed by atoms with Crippen molar-refractivity contribution >= 4 is 21.5 Å². The van der Waals surface area contributed by atoms with E-state index in [1.807, 2.05) is 0 Å². The Balaban J connectivity index is 2.32. The zero-order chi connectivity index (χ0) is 11.5. The molecule has 0 fully saturated rings. The minimum Gasteiger partial charge on any atom is -0.0508 e. The van der Waals surface area contributed by atoms with Gasteiger partial charge in [0.25, 0.3) is 0 Å². The second kappa shape index (κ2) is 4.75. The summed E-state index contributed by atoms with van der Waals surface area (Å²) in [5.74, 6) is 0. The summed E-state index contributed by atoms with van der Waals surface area (Å²) in [6, 6.07) is 8.43. The largest absolute Gasteiger partial charge is 0.0994 e. The summed E-state index contributed by atoms with van der Waals surface area (Å²) in [5.41, 5.74) is 5.17. The van der Waals surface area contributed by atoms with E-state index in [2.05, 4.69) is 78.7 Å². The zero-order valence-corrected chi connectivity index (χ0v) is 11.1. The molecular weight excluding hydrogens is 260 g/mol. The predicted molar refractivity (Wildman–Crippen MR) is 73.9 cm³/mol. The molecule has 1 heteroatoms. The van der Waals surface area contributed by atoms with Gasteiger partial charge in [-0.2, -0.15) is 0 Å². The van der Waals surface area contributed by atoms with Crippen LogP contribution in [0.15, 0.2) is 58.1 Å². The lowest BCUT2D eigenvalue weighted by atomic mass is 9.95. The number of halogens is 1. The van der Waals surface area contributed by atoms with E-state index >= 15 is 0 Å². The fourth-order valence-electron chi connectivity index (χ4n) is 1.67. The highest BCUT2D eigenvalue weighted by atomic mass is 79.9. The van der Waals surface area contributed by atoms with E-state index in [4.69, 9.17) is 0 Å². The molecular formula is C15H14Br+. The van der Waals surface area contributed by atoms with Crippen molar-refractivity contribution < 1.29 is 0 Å². The second-order valence-corrected chi connectivity index (χ2v) is 4.91. The topological polar surface area (TPSA) is 0 Å². The maximum atomic E-state index is 3.45. The lowest BCUT2D eigenvalue weighted by molar-refractivity contribution is 1.39. The van der Waals surface area contributed by atoms with Crippen molar-refractivity contribution in [3.8, 4) is 0 Å². The third-order valence-corrected chi connectivity index (χ3v) is 3.29. The molecule has 0 aromatic heterocycles. The van der Waals surface area contributed by atoms with Crippen molar-refractivity contribution in [3.63, 3.8) is 0 Å². The van der Waals surface area contributed by atoms with E-state index < -0.39 is 0 Å². The average molecular weight is 274 g/mol. The molecule has 0 nitrogen and oxygen atoms in total. The van der Waals surface area contributed by atoms with Gasteiger partial charge in [-0.3, -0.25) is 0 Å². The van der Waals surface area contributed by atoms with Gasteiger partial charge in [-0.05, 0) is 38.1 Å². The normalized spacial score (nSPS) is 17.8. The number of hydrogen-bond donors (Lipinski definition) is 0. The van der Waals surface area contributed by atoms with E-state index in [0.29, 0.717) is 0 Å². The smallest absolute Gasteiger partial charge is 0.0508 e. The molecule has 0 bridgehead atoms. The molecule has 0 aliphatic heterocycles. The van der Waals surface area contributed by atoms with Gasteiger partial charge in [0.15, 0.2) is 0 Å². The van der Waals surface area contributed by atoms with Crippen LogP contribution in [0.25, 0.3) is 5.57 Å². The third-order valence-electron chi connectivity index (χ3n) is 2.76. The van der Waals surface area contributed by atoms with Gasteiger partial charge in [-0.1, -0.05) is 15.9 Å². The highest BCUT2D eigenvalue weighted by Gasteiger charge is 2.11. The summed E-state index contributed by atoms with van der Waals surface area (Å²) in [4.78, 5) is 0.